The lowest BCUT2D eigenvalue weighted by molar-refractivity contribution is -0.128. The highest BCUT2D eigenvalue weighted by molar-refractivity contribution is 8.01. The molecule has 0 spiro atoms. The second-order valence-electron chi connectivity index (χ2n) is 5.20. The van der Waals surface area contributed by atoms with Gasteiger partial charge in [-0.2, -0.15) is 0 Å². The molecule has 0 saturated carbocycles. The van der Waals surface area contributed by atoms with Gasteiger partial charge in [-0.05, 0) is 12.0 Å². The van der Waals surface area contributed by atoms with E-state index in [4.69, 9.17) is 5.11 Å². The van der Waals surface area contributed by atoms with Gasteiger partial charge in [0.15, 0.2) is 10.0 Å². The van der Waals surface area contributed by atoms with Crippen molar-refractivity contribution < 1.29 is 14.7 Å². The van der Waals surface area contributed by atoms with Gasteiger partial charge in [0, 0.05) is 24.1 Å². The summed E-state index contributed by atoms with van der Waals surface area (Å²) >= 11 is 2.82. The Hall–Kier alpha value is -1.86. The van der Waals surface area contributed by atoms with E-state index in [1.807, 2.05) is 23.1 Å². The predicted octanol–water partition coefficient (Wildman–Crippen LogP) is 3.30. The third kappa shape index (κ3) is 3.73. The third-order valence-electron chi connectivity index (χ3n) is 3.77. The summed E-state index contributed by atoms with van der Waals surface area (Å²) in [6, 6.07) is 10.2. The number of hydrogen-bond acceptors (Lipinski definition) is 5. The molecule has 1 aromatic carbocycles. The first-order valence-corrected chi connectivity index (χ1v) is 9.17. The molecule has 1 N–H and O–H groups in total. The van der Waals surface area contributed by atoms with Gasteiger partial charge < -0.3 is 10.0 Å². The van der Waals surface area contributed by atoms with Crippen molar-refractivity contribution in [2.45, 2.75) is 23.2 Å². The lowest BCUT2D eigenvalue weighted by atomic mass is 10.1. The number of carbonyl (C=O) groups is 2. The van der Waals surface area contributed by atoms with E-state index in [0.29, 0.717) is 18.7 Å². The van der Waals surface area contributed by atoms with Crippen molar-refractivity contribution in [3.05, 3.63) is 47.0 Å². The number of aromatic carboxylic acids is 1. The van der Waals surface area contributed by atoms with E-state index >= 15 is 0 Å². The Morgan fingerprint density at radius 3 is 2.87 bits per heavy atom. The van der Waals surface area contributed by atoms with Gasteiger partial charge in [-0.1, -0.05) is 42.1 Å². The maximum Gasteiger partial charge on any atom is 0.355 e. The number of nitrogens with zero attached hydrogens (tertiary/aromatic N) is 2. The number of rotatable bonds is 6. The van der Waals surface area contributed by atoms with Crippen LogP contribution >= 0.6 is 23.1 Å². The topological polar surface area (TPSA) is 70.5 Å². The van der Waals surface area contributed by atoms with Crippen LogP contribution in [0.2, 0.25) is 0 Å². The van der Waals surface area contributed by atoms with Crippen molar-refractivity contribution in [3.8, 4) is 0 Å². The molecule has 23 heavy (non-hydrogen) atoms. The molecule has 3 rings (SSSR count). The van der Waals surface area contributed by atoms with Crippen molar-refractivity contribution in [1.82, 2.24) is 9.88 Å². The van der Waals surface area contributed by atoms with E-state index in [2.05, 4.69) is 17.1 Å². The van der Waals surface area contributed by atoms with Gasteiger partial charge in [0.05, 0.1) is 6.04 Å². The quantitative estimate of drug-likeness (QED) is 0.811. The first-order chi connectivity index (χ1) is 11.1. The highest BCUT2D eigenvalue weighted by Crippen LogP contribution is 2.33. The summed E-state index contributed by atoms with van der Waals surface area (Å²) in [5.41, 5.74) is 1.25. The molecule has 1 aliphatic rings. The molecule has 7 heteroatoms. The predicted molar refractivity (Wildman–Crippen MR) is 89.9 cm³/mol. The molecule has 0 radical (unpaired) electrons. The van der Waals surface area contributed by atoms with Crippen molar-refractivity contribution in [2.24, 2.45) is 0 Å². The Kier molecular flexibility index (Phi) is 4.97. The van der Waals surface area contributed by atoms with Crippen LogP contribution in [0.25, 0.3) is 0 Å². The molecule has 5 nitrogen and oxygen atoms in total. The molecule has 0 bridgehead atoms. The number of benzene rings is 1. The highest BCUT2D eigenvalue weighted by atomic mass is 32.2. The van der Waals surface area contributed by atoms with Crippen LogP contribution in [0.3, 0.4) is 0 Å². The van der Waals surface area contributed by atoms with Crippen molar-refractivity contribution in [2.75, 3.05) is 12.3 Å². The van der Waals surface area contributed by atoms with E-state index in [0.717, 1.165) is 10.8 Å². The molecular formula is C16H16N2O3S2. The van der Waals surface area contributed by atoms with Gasteiger partial charge in [0.25, 0.3) is 0 Å². The van der Waals surface area contributed by atoms with Crippen LogP contribution in [0.15, 0.2) is 40.1 Å². The van der Waals surface area contributed by atoms with Crippen LogP contribution in [-0.4, -0.2) is 39.2 Å². The molecule has 0 aliphatic carbocycles. The molecule has 1 fully saturated rings. The van der Waals surface area contributed by atoms with E-state index in [9.17, 15) is 9.59 Å². The minimum atomic E-state index is -1.01. The Balaban J connectivity index is 1.59. The maximum absolute atomic E-state index is 12.1. The molecule has 1 aromatic heterocycles. The van der Waals surface area contributed by atoms with Crippen LogP contribution in [0.4, 0.5) is 0 Å². The normalized spacial score (nSPS) is 17.7. The number of amides is 1. The standard InChI is InChI=1S/C16H16N2O3S2/c19-14-7-6-13(11-4-2-1-3-5-11)18(14)8-9-22-16-17-12(10-23-16)15(20)21/h1-5,10,13H,6-9H2,(H,20,21). The lowest BCUT2D eigenvalue weighted by Crippen LogP contribution is -2.29. The summed E-state index contributed by atoms with van der Waals surface area (Å²) in [6.07, 6.45) is 1.44. The second-order valence-corrected chi connectivity index (χ2v) is 7.40. The number of hydrogen-bond donors (Lipinski definition) is 1. The van der Waals surface area contributed by atoms with Gasteiger partial charge in [-0.25, -0.2) is 9.78 Å². The summed E-state index contributed by atoms with van der Waals surface area (Å²) < 4.78 is 0.727. The summed E-state index contributed by atoms with van der Waals surface area (Å²) in [4.78, 5) is 28.9. The number of thioether (sulfide) groups is 1. The SMILES string of the molecule is O=C(O)c1csc(SCCN2C(=O)CCC2c2ccccc2)n1. The van der Waals surface area contributed by atoms with Crippen molar-refractivity contribution >= 4 is 35.0 Å². The van der Waals surface area contributed by atoms with Crippen molar-refractivity contribution in [1.29, 1.82) is 0 Å². The minimum absolute atomic E-state index is 0.0805. The largest absolute Gasteiger partial charge is 0.476 e. The Morgan fingerprint density at radius 1 is 1.39 bits per heavy atom. The monoisotopic (exact) mass is 348 g/mol. The minimum Gasteiger partial charge on any atom is -0.476 e. The summed E-state index contributed by atoms with van der Waals surface area (Å²) in [6.45, 7) is 0.644. The van der Waals surface area contributed by atoms with Crippen LogP contribution in [-0.2, 0) is 4.79 Å². The number of aromatic nitrogens is 1. The number of thiazole rings is 1. The fourth-order valence-corrected chi connectivity index (χ4v) is 4.50. The molecule has 1 unspecified atom stereocenters. The first kappa shape index (κ1) is 16.0. The number of likely N-dealkylation sites (tertiary alicyclic amines) is 1. The van der Waals surface area contributed by atoms with Gasteiger partial charge in [0.2, 0.25) is 5.91 Å². The van der Waals surface area contributed by atoms with E-state index in [1.165, 1.54) is 28.7 Å². The fourth-order valence-electron chi connectivity index (χ4n) is 2.69. The molecular weight excluding hydrogens is 332 g/mol. The number of carbonyl (C=O) groups excluding carboxylic acids is 1. The van der Waals surface area contributed by atoms with Crippen LogP contribution in [0.5, 0.6) is 0 Å². The van der Waals surface area contributed by atoms with Crippen molar-refractivity contribution in [3.63, 3.8) is 0 Å². The Labute approximate surface area is 142 Å². The zero-order valence-electron chi connectivity index (χ0n) is 12.3. The number of carboxylic acids is 1. The van der Waals surface area contributed by atoms with Gasteiger partial charge in [-0.15, -0.1) is 11.3 Å². The summed E-state index contributed by atoms with van der Waals surface area (Å²) in [7, 11) is 0. The van der Waals surface area contributed by atoms with Gasteiger partial charge in [-0.3, -0.25) is 4.79 Å². The van der Waals surface area contributed by atoms with E-state index < -0.39 is 5.97 Å². The molecule has 2 heterocycles. The maximum atomic E-state index is 12.1. The highest BCUT2D eigenvalue weighted by Gasteiger charge is 2.31. The lowest BCUT2D eigenvalue weighted by Gasteiger charge is -2.24. The average molecular weight is 348 g/mol. The molecule has 1 amide bonds. The van der Waals surface area contributed by atoms with Gasteiger partial charge in [0.1, 0.15) is 0 Å². The zero-order chi connectivity index (χ0) is 16.2. The van der Waals surface area contributed by atoms with Crippen LogP contribution in [0.1, 0.15) is 34.9 Å². The molecule has 2 aromatic rings. The average Bonchev–Trinajstić information content (AvgIpc) is 3.16. The Bertz CT molecular complexity index is 702. The zero-order valence-corrected chi connectivity index (χ0v) is 14.0. The summed E-state index contributed by atoms with van der Waals surface area (Å²) in [5, 5.41) is 10.4. The Morgan fingerprint density at radius 2 is 2.17 bits per heavy atom. The summed E-state index contributed by atoms with van der Waals surface area (Å²) in [5.74, 6) is -0.112. The van der Waals surface area contributed by atoms with E-state index in [-0.39, 0.29) is 17.6 Å². The third-order valence-corrected chi connectivity index (χ3v) is 5.77. The molecule has 1 atom stereocenters. The van der Waals surface area contributed by atoms with Crippen LogP contribution in [0, 0.1) is 0 Å². The van der Waals surface area contributed by atoms with E-state index in [1.54, 1.807) is 5.38 Å². The second kappa shape index (κ2) is 7.14. The van der Waals surface area contributed by atoms with Gasteiger partial charge >= 0.3 is 5.97 Å². The fraction of sp³-hybridized carbons (Fsp3) is 0.312. The smallest absolute Gasteiger partial charge is 0.355 e. The molecule has 1 aliphatic heterocycles. The molecule has 120 valence electrons. The van der Waals surface area contributed by atoms with Crippen LogP contribution < -0.4 is 0 Å². The molecule has 1 saturated heterocycles. The first-order valence-electron chi connectivity index (χ1n) is 7.31. The number of carboxylic acid groups (broad SMARTS) is 1.